The van der Waals surface area contributed by atoms with Crippen LogP contribution in [-0.4, -0.2) is 29.9 Å². The number of nitro groups is 1. The summed E-state index contributed by atoms with van der Waals surface area (Å²) in [6.07, 6.45) is 1.74. The molecule has 2 aromatic carbocycles. The van der Waals surface area contributed by atoms with Gasteiger partial charge in [0.15, 0.2) is 0 Å². The van der Waals surface area contributed by atoms with Gasteiger partial charge < -0.3 is 10.2 Å². The molecular weight excluding hydrogens is 352 g/mol. The number of nitro benzene ring substituents is 1. The molecule has 3 rings (SSSR count). The molecule has 0 fully saturated rings. The molecule has 1 heterocycles. The highest BCUT2D eigenvalue weighted by Crippen LogP contribution is 2.26. The normalized spacial score (nSPS) is 10.4. The third kappa shape index (κ3) is 3.70. The Hall–Kier alpha value is -3.26. The number of anilines is 2. The lowest BCUT2D eigenvalue weighted by atomic mass is 10.1. The minimum atomic E-state index is -0.515. The van der Waals surface area contributed by atoms with Crippen LogP contribution in [0.25, 0.3) is 10.6 Å². The first-order chi connectivity index (χ1) is 12.5. The predicted molar refractivity (Wildman–Crippen MR) is 103 cm³/mol. The number of thiazole rings is 1. The molecule has 0 bridgehead atoms. The molecule has 7 nitrogen and oxygen atoms in total. The molecule has 26 heavy (non-hydrogen) atoms. The fourth-order valence-electron chi connectivity index (χ4n) is 2.47. The smallest absolute Gasteiger partial charge is 0.270 e. The molecule has 0 radical (unpaired) electrons. The van der Waals surface area contributed by atoms with E-state index in [4.69, 9.17) is 0 Å². The number of benzene rings is 2. The number of nitrogens with zero attached hydrogens (tertiary/aromatic N) is 3. The Morgan fingerprint density at radius 2 is 1.92 bits per heavy atom. The summed E-state index contributed by atoms with van der Waals surface area (Å²) < 4.78 is 0. The number of carbonyl (C=O) groups excluding carboxylic acids is 1. The minimum Gasteiger partial charge on any atom is -0.377 e. The topological polar surface area (TPSA) is 88.4 Å². The first-order valence-corrected chi connectivity index (χ1v) is 8.60. The van der Waals surface area contributed by atoms with E-state index in [1.54, 1.807) is 43.4 Å². The summed E-state index contributed by atoms with van der Waals surface area (Å²) in [5, 5.41) is 16.6. The average molecular weight is 368 g/mol. The van der Waals surface area contributed by atoms with Gasteiger partial charge in [0.25, 0.3) is 11.6 Å². The van der Waals surface area contributed by atoms with E-state index in [-0.39, 0.29) is 11.3 Å². The van der Waals surface area contributed by atoms with Crippen molar-refractivity contribution < 1.29 is 9.72 Å². The van der Waals surface area contributed by atoms with Gasteiger partial charge in [0.1, 0.15) is 5.01 Å². The largest absolute Gasteiger partial charge is 0.377 e. The van der Waals surface area contributed by atoms with Crippen molar-refractivity contribution in [2.75, 3.05) is 24.3 Å². The lowest BCUT2D eigenvalue weighted by Crippen LogP contribution is -2.18. The van der Waals surface area contributed by atoms with E-state index in [9.17, 15) is 14.9 Å². The van der Waals surface area contributed by atoms with E-state index < -0.39 is 10.8 Å². The van der Waals surface area contributed by atoms with Crippen LogP contribution in [0.4, 0.5) is 17.1 Å². The van der Waals surface area contributed by atoms with Crippen molar-refractivity contribution in [3.63, 3.8) is 0 Å². The molecule has 1 N–H and O–H groups in total. The van der Waals surface area contributed by atoms with E-state index in [1.165, 1.54) is 23.5 Å². The summed E-state index contributed by atoms with van der Waals surface area (Å²) in [5.74, 6) is -0.403. The van der Waals surface area contributed by atoms with Crippen LogP contribution in [0.3, 0.4) is 0 Å². The summed E-state index contributed by atoms with van der Waals surface area (Å²) in [6, 6.07) is 11.5. The van der Waals surface area contributed by atoms with Gasteiger partial charge in [-0.15, -0.1) is 11.3 Å². The van der Waals surface area contributed by atoms with Crippen molar-refractivity contribution in [2.45, 2.75) is 0 Å². The maximum Gasteiger partial charge on any atom is 0.270 e. The van der Waals surface area contributed by atoms with Crippen LogP contribution in [0.1, 0.15) is 10.4 Å². The standard InChI is InChI=1S/C18H16N4O3S/c1-21(2)16-8-7-14(22(24)25)11-15(16)17(23)20-13-5-3-12(4-6-13)18-19-9-10-26-18/h3-11H,1-2H3,(H,20,23). The molecule has 0 aliphatic heterocycles. The van der Waals surface area contributed by atoms with Crippen LogP contribution in [-0.2, 0) is 0 Å². The highest BCUT2D eigenvalue weighted by Gasteiger charge is 2.18. The van der Waals surface area contributed by atoms with Gasteiger partial charge in [-0.05, 0) is 30.3 Å². The number of nitrogens with one attached hydrogen (secondary N) is 1. The van der Waals surface area contributed by atoms with Crippen molar-refractivity contribution in [1.29, 1.82) is 0 Å². The van der Waals surface area contributed by atoms with Crippen molar-refractivity contribution in [3.05, 3.63) is 69.7 Å². The van der Waals surface area contributed by atoms with E-state index >= 15 is 0 Å². The minimum absolute atomic E-state index is 0.125. The maximum absolute atomic E-state index is 12.7. The van der Waals surface area contributed by atoms with Gasteiger partial charge in [0, 0.05) is 54.7 Å². The Balaban J connectivity index is 1.85. The molecule has 0 aliphatic carbocycles. The Labute approximate surface area is 154 Å². The summed E-state index contributed by atoms with van der Waals surface area (Å²) in [4.78, 5) is 29.1. The van der Waals surface area contributed by atoms with Crippen molar-refractivity contribution in [1.82, 2.24) is 4.98 Å². The summed E-state index contributed by atoms with van der Waals surface area (Å²) in [5.41, 5.74) is 2.29. The average Bonchev–Trinajstić information content (AvgIpc) is 3.16. The van der Waals surface area contributed by atoms with Crippen molar-refractivity contribution in [3.8, 4) is 10.6 Å². The zero-order chi connectivity index (χ0) is 18.7. The summed E-state index contributed by atoms with van der Waals surface area (Å²) >= 11 is 1.53. The zero-order valence-electron chi connectivity index (χ0n) is 14.2. The molecule has 3 aromatic rings. The molecule has 0 saturated carbocycles. The molecule has 0 atom stereocenters. The molecule has 0 saturated heterocycles. The highest BCUT2D eigenvalue weighted by molar-refractivity contribution is 7.13. The molecule has 0 unspecified atom stereocenters. The van der Waals surface area contributed by atoms with Gasteiger partial charge in [-0.2, -0.15) is 0 Å². The Morgan fingerprint density at radius 3 is 2.50 bits per heavy atom. The van der Waals surface area contributed by atoms with Crippen LogP contribution in [0.15, 0.2) is 54.0 Å². The number of rotatable bonds is 5. The van der Waals surface area contributed by atoms with E-state index in [2.05, 4.69) is 10.3 Å². The van der Waals surface area contributed by atoms with E-state index in [0.717, 1.165) is 10.6 Å². The first kappa shape index (κ1) is 17.6. The molecular formula is C18H16N4O3S. The molecule has 1 aromatic heterocycles. The SMILES string of the molecule is CN(C)c1ccc([N+](=O)[O-])cc1C(=O)Nc1ccc(-c2nccs2)cc1. The molecule has 0 aliphatic rings. The number of non-ortho nitro benzene ring substituents is 1. The Bertz CT molecular complexity index is 938. The quantitative estimate of drug-likeness (QED) is 0.542. The van der Waals surface area contributed by atoms with Crippen LogP contribution in [0, 0.1) is 10.1 Å². The summed E-state index contributed by atoms with van der Waals surface area (Å²) in [7, 11) is 3.56. The lowest BCUT2D eigenvalue weighted by molar-refractivity contribution is -0.384. The fraction of sp³-hybridized carbons (Fsp3) is 0.111. The number of hydrogen-bond acceptors (Lipinski definition) is 6. The lowest BCUT2D eigenvalue weighted by Gasteiger charge is -2.17. The van der Waals surface area contributed by atoms with Gasteiger partial charge in [0.2, 0.25) is 0 Å². The summed E-state index contributed by atoms with van der Waals surface area (Å²) in [6.45, 7) is 0. The number of hydrogen-bond donors (Lipinski definition) is 1. The molecule has 8 heteroatoms. The van der Waals surface area contributed by atoms with Crippen LogP contribution < -0.4 is 10.2 Å². The van der Waals surface area contributed by atoms with E-state index in [1.807, 2.05) is 17.5 Å². The fourth-order valence-corrected chi connectivity index (χ4v) is 3.11. The second-order valence-electron chi connectivity index (χ2n) is 5.72. The highest BCUT2D eigenvalue weighted by atomic mass is 32.1. The zero-order valence-corrected chi connectivity index (χ0v) is 15.0. The third-order valence-electron chi connectivity index (χ3n) is 3.74. The number of amides is 1. The number of carbonyl (C=O) groups is 1. The van der Waals surface area contributed by atoms with Crippen LogP contribution in [0.2, 0.25) is 0 Å². The van der Waals surface area contributed by atoms with Gasteiger partial charge in [0.05, 0.1) is 10.5 Å². The van der Waals surface area contributed by atoms with Crippen LogP contribution in [0.5, 0.6) is 0 Å². The third-order valence-corrected chi connectivity index (χ3v) is 4.56. The van der Waals surface area contributed by atoms with Gasteiger partial charge in [-0.1, -0.05) is 0 Å². The molecule has 0 spiro atoms. The van der Waals surface area contributed by atoms with Gasteiger partial charge >= 0.3 is 0 Å². The maximum atomic E-state index is 12.7. The Morgan fingerprint density at radius 1 is 1.19 bits per heavy atom. The molecule has 1 amide bonds. The second kappa shape index (κ2) is 7.32. The monoisotopic (exact) mass is 368 g/mol. The second-order valence-corrected chi connectivity index (χ2v) is 6.62. The predicted octanol–water partition coefficient (Wildman–Crippen LogP) is 4.04. The van der Waals surface area contributed by atoms with Gasteiger partial charge in [-0.25, -0.2) is 4.98 Å². The van der Waals surface area contributed by atoms with E-state index in [0.29, 0.717) is 11.4 Å². The van der Waals surface area contributed by atoms with Crippen molar-refractivity contribution in [2.24, 2.45) is 0 Å². The molecule has 132 valence electrons. The van der Waals surface area contributed by atoms with Crippen molar-refractivity contribution >= 4 is 34.3 Å². The first-order valence-electron chi connectivity index (χ1n) is 7.73. The van der Waals surface area contributed by atoms with Crippen LogP contribution >= 0.6 is 11.3 Å². The Kier molecular flexibility index (Phi) is 4.94. The van der Waals surface area contributed by atoms with Gasteiger partial charge in [-0.3, -0.25) is 14.9 Å². The number of aromatic nitrogens is 1.